The van der Waals surface area contributed by atoms with E-state index >= 15 is 0 Å². The molecular weight excluding hydrogens is 358 g/mol. The molecule has 1 aromatic heterocycles. The van der Waals surface area contributed by atoms with Gasteiger partial charge in [-0.25, -0.2) is 0 Å². The summed E-state index contributed by atoms with van der Waals surface area (Å²) in [5.41, 5.74) is 4.89. The topological polar surface area (TPSA) is 36.4 Å². The molecule has 0 atom stereocenters. The van der Waals surface area contributed by atoms with Gasteiger partial charge in [-0.15, -0.1) is 0 Å². The van der Waals surface area contributed by atoms with Crippen LogP contribution in [0.1, 0.15) is 22.3 Å². The third-order valence-electron chi connectivity index (χ3n) is 6.24. The number of benzene rings is 2. The molecule has 0 bridgehead atoms. The summed E-state index contributed by atoms with van der Waals surface area (Å²) in [4.78, 5) is 21.2. The van der Waals surface area contributed by atoms with E-state index in [-0.39, 0.29) is 11.3 Å². The number of carbonyl (C=O) groups excluding carboxylic acids is 1. The molecule has 2 aliphatic rings. The van der Waals surface area contributed by atoms with Crippen LogP contribution in [-0.4, -0.2) is 46.9 Å². The number of carbonyl (C=O) groups is 1. The number of likely N-dealkylation sites (tertiary alicyclic amines) is 2. The molecule has 3 heterocycles. The lowest BCUT2D eigenvalue weighted by atomic mass is 9.79. The summed E-state index contributed by atoms with van der Waals surface area (Å²) < 4.78 is 0. The number of amides is 1. The van der Waals surface area contributed by atoms with E-state index in [4.69, 9.17) is 0 Å². The molecule has 2 aromatic carbocycles. The molecule has 1 spiro atoms. The molecule has 5 rings (SSSR count). The minimum Gasteiger partial charge on any atom is -0.338 e. The molecule has 2 aliphatic heterocycles. The van der Waals surface area contributed by atoms with E-state index in [9.17, 15) is 4.79 Å². The number of rotatable bonds is 4. The van der Waals surface area contributed by atoms with Gasteiger partial charge < -0.3 is 4.90 Å². The highest BCUT2D eigenvalue weighted by Crippen LogP contribution is 2.40. The van der Waals surface area contributed by atoms with Gasteiger partial charge >= 0.3 is 0 Å². The highest BCUT2D eigenvalue weighted by molar-refractivity contribution is 5.94. The van der Waals surface area contributed by atoms with E-state index in [1.807, 2.05) is 11.0 Å². The SMILES string of the molecule is O=C(c1ccncc1)N1CCC2(CN(Cc3ccc(-c4ccccc4)cc3)C2)C1. The minimum atomic E-state index is 0.138. The molecule has 0 radical (unpaired) electrons. The first-order valence-corrected chi connectivity index (χ1v) is 10.3. The number of hydrogen-bond acceptors (Lipinski definition) is 3. The average Bonchev–Trinajstić information content (AvgIpc) is 3.20. The normalized spacial score (nSPS) is 18.0. The second-order valence-corrected chi connectivity index (χ2v) is 8.42. The summed E-state index contributed by atoms with van der Waals surface area (Å²) in [6.07, 6.45) is 4.48. The Hall–Kier alpha value is -2.98. The summed E-state index contributed by atoms with van der Waals surface area (Å²) >= 11 is 0. The maximum Gasteiger partial charge on any atom is 0.253 e. The quantitative estimate of drug-likeness (QED) is 0.681. The maximum atomic E-state index is 12.7. The van der Waals surface area contributed by atoms with Gasteiger partial charge in [-0.2, -0.15) is 0 Å². The van der Waals surface area contributed by atoms with Crippen LogP contribution in [0.5, 0.6) is 0 Å². The number of pyridine rings is 1. The third-order valence-corrected chi connectivity index (χ3v) is 6.24. The van der Waals surface area contributed by atoms with Gasteiger partial charge in [-0.3, -0.25) is 14.7 Å². The van der Waals surface area contributed by atoms with Gasteiger partial charge in [0.25, 0.3) is 5.91 Å². The van der Waals surface area contributed by atoms with Crippen molar-refractivity contribution in [3.05, 3.63) is 90.3 Å². The van der Waals surface area contributed by atoms with Crippen LogP contribution in [0, 0.1) is 5.41 Å². The van der Waals surface area contributed by atoms with Gasteiger partial charge in [0.2, 0.25) is 0 Å². The van der Waals surface area contributed by atoms with Gasteiger partial charge in [-0.05, 0) is 35.2 Å². The Morgan fingerprint density at radius 1 is 0.862 bits per heavy atom. The van der Waals surface area contributed by atoms with Crippen molar-refractivity contribution in [2.24, 2.45) is 5.41 Å². The molecule has 1 amide bonds. The lowest BCUT2D eigenvalue weighted by Crippen LogP contribution is -2.57. The van der Waals surface area contributed by atoms with E-state index in [1.54, 1.807) is 24.5 Å². The minimum absolute atomic E-state index is 0.138. The lowest BCUT2D eigenvalue weighted by molar-refractivity contribution is 0.00261. The van der Waals surface area contributed by atoms with Crippen molar-refractivity contribution >= 4 is 5.91 Å². The maximum absolute atomic E-state index is 12.7. The van der Waals surface area contributed by atoms with E-state index in [1.165, 1.54) is 16.7 Å². The first-order valence-electron chi connectivity index (χ1n) is 10.3. The largest absolute Gasteiger partial charge is 0.338 e. The number of nitrogens with zero attached hydrogens (tertiary/aromatic N) is 3. The van der Waals surface area contributed by atoms with Crippen LogP contribution in [0.2, 0.25) is 0 Å². The molecule has 146 valence electrons. The van der Waals surface area contributed by atoms with Crippen molar-refractivity contribution in [2.75, 3.05) is 26.2 Å². The third kappa shape index (κ3) is 3.68. The molecule has 4 heteroatoms. The first-order chi connectivity index (χ1) is 14.2. The molecule has 0 saturated carbocycles. The highest BCUT2D eigenvalue weighted by atomic mass is 16.2. The molecule has 3 aromatic rings. The Balaban J connectivity index is 1.16. The van der Waals surface area contributed by atoms with Crippen LogP contribution in [0.4, 0.5) is 0 Å². The Bertz CT molecular complexity index is 980. The van der Waals surface area contributed by atoms with Gasteiger partial charge in [-0.1, -0.05) is 54.6 Å². The van der Waals surface area contributed by atoms with Crippen molar-refractivity contribution < 1.29 is 4.79 Å². The fourth-order valence-electron chi connectivity index (χ4n) is 4.75. The zero-order valence-corrected chi connectivity index (χ0v) is 16.5. The van der Waals surface area contributed by atoms with Crippen LogP contribution < -0.4 is 0 Å². The first kappa shape index (κ1) is 18.1. The Morgan fingerprint density at radius 3 is 2.28 bits per heavy atom. The summed E-state index contributed by atoms with van der Waals surface area (Å²) in [7, 11) is 0. The van der Waals surface area contributed by atoms with Crippen molar-refractivity contribution in [3.63, 3.8) is 0 Å². The Morgan fingerprint density at radius 2 is 1.55 bits per heavy atom. The van der Waals surface area contributed by atoms with Crippen LogP contribution >= 0.6 is 0 Å². The van der Waals surface area contributed by atoms with E-state index in [0.29, 0.717) is 0 Å². The summed E-state index contributed by atoms with van der Waals surface area (Å²) in [5, 5.41) is 0. The zero-order valence-electron chi connectivity index (χ0n) is 16.5. The molecule has 0 unspecified atom stereocenters. The van der Waals surface area contributed by atoms with Crippen LogP contribution in [-0.2, 0) is 6.54 Å². The second kappa shape index (κ2) is 7.45. The molecule has 0 aliphatic carbocycles. The van der Waals surface area contributed by atoms with E-state index < -0.39 is 0 Å². The Kier molecular flexibility index (Phi) is 4.64. The standard InChI is InChI=1S/C25H25N3O/c29-24(23-10-13-26-14-11-23)28-15-12-25(19-28)17-27(18-25)16-20-6-8-22(9-7-20)21-4-2-1-3-5-21/h1-11,13-14H,12,15-19H2. The van der Waals surface area contributed by atoms with Gasteiger partial charge in [0.1, 0.15) is 0 Å². The van der Waals surface area contributed by atoms with E-state index in [2.05, 4.69) is 58.4 Å². The monoisotopic (exact) mass is 383 g/mol. The van der Waals surface area contributed by atoms with Crippen molar-refractivity contribution in [1.29, 1.82) is 0 Å². The van der Waals surface area contributed by atoms with Gasteiger partial charge in [0, 0.05) is 56.1 Å². The fourth-order valence-corrected chi connectivity index (χ4v) is 4.75. The van der Waals surface area contributed by atoms with Crippen LogP contribution in [0.15, 0.2) is 79.1 Å². The Labute approximate surface area is 171 Å². The second-order valence-electron chi connectivity index (χ2n) is 8.42. The van der Waals surface area contributed by atoms with Gasteiger partial charge in [0.15, 0.2) is 0 Å². The molecule has 0 N–H and O–H groups in total. The molecule has 4 nitrogen and oxygen atoms in total. The summed E-state index contributed by atoms with van der Waals surface area (Å²) in [6, 6.07) is 23.0. The van der Waals surface area contributed by atoms with Crippen LogP contribution in [0.25, 0.3) is 11.1 Å². The number of hydrogen-bond donors (Lipinski definition) is 0. The summed E-state index contributed by atoms with van der Waals surface area (Å²) in [5.74, 6) is 0.138. The number of aromatic nitrogens is 1. The predicted octanol–water partition coefficient (Wildman–Crippen LogP) is 4.10. The fraction of sp³-hybridized carbons (Fsp3) is 0.280. The van der Waals surface area contributed by atoms with Gasteiger partial charge in [0.05, 0.1) is 0 Å². The van der Waals surface area contributed by atoms with Crippen molar-refractivity contribution in [2.45, 2.75) is 13.0 Å². The molecule has 2 saturated heterocycles. The molecular formula is C25H25N3O. The van der Waals surface area contributed by atoms with Crippen LogP contribution in [0.3, 0.4) is 0 Å². The molecule has 2 fully saturated rings. The lowest BCUT2D eigenvalue weighted by Gasteiger charge is -2.48. The average molecular weight is 383 g/mol. The summed E-state index contributed by atoms with van der Waals surface area (Å²) in [6.45, 7) is 4.87. The van der Waals surface area contributed by atoms with Crippen molar-refractivity contribution in [1.82, 2.24) is 14.8 Å². The zero-order chi connectivity index (χ0) is 19.7. The highest BCUT2D eigenvalue weighted by Gasteiger charge is 2.48. The smallest absolute Gasteiger partial charge is 0.253 e. The predicted molar refractivity (Wildman–Crippen MR) is 114 cm³/mol. The van der Waals surface area contributed by atoms with Crippen molar-refractivity contribution in [3.8, 4) is 11.1 Å². The molecule has 29 heavy (non-hydrogen) atoms. The van der Waals surface area contributed by atoms with E-state index in [0.717, 1.165) is 44.7 Å².